The first-order valence-electron chi connectivity index (χ1n) is 5.55. The maximum Gasteiger partial charge on any atom is 0.221 e. The van der Waals surface area contributed by atoms with Crippen LogP contribution in [0.3, 0.4) is 0 Å². The molecule has 4 nitrogen and oxygen atoms in total. The van der Waals surface area contributed by atoms with Gasteiger partial charge >= 0.3 is 0 Å². The van der Waals surface area contributed by atoms with Crippen LogP contribution in [-0.4, -0.2) is 31.7 Å². The molecule has 1 aliphatic heterocycles. The molecule has 0 aliphatic carbocycles. The number of carbonyl (C=O) groups is 1. The summed E-state index contributed by atoms with van der Waals surface area (Å²) in [5.41, 5.74) is 0. The lowest BCUT2D eigenvalue weighted by molar-refractivity contribution is -0.122. The maximum absolute atomic E-state index is 11.7. The molecule has 102 valence electrons. The highest BCUT2D eigenvalue weighted by molar-refractivity contribution is 9.10. The summed E-state index contributed by atoms with van der Waals surface area (Å²) < 4.78 is 6.36. The van der Waals surface area contributed by atoms with Gasteiger partial charge < -0.3 is 15.4 Å². The minimum atomic E-state index is 0. The van der Waals surface area contributed by atoms with Crippen LogP contribution in [0.4, 0.5) is 0 Å². The van der Waals surface area contributed by atoms with E-state index in [1.165, 1.54) is 0 Å². The fourth-order valence-electron chi connectivity index (χ4n) is 1.68. The lowest BCUT2D eigenvalue weighted by atomic mass is 10.2. The molecule has 0 bridgehead atoms. The normalized spacial score (nSPS) is 19.1. The standard InChI is InChI=1S/C11H15BrN2O2S.ClH/c12-9-1-4-17-10(9)6-14-11(15)5-8-7-16-3-2-13-8;/h1,4,8,13H,2-3,5-7H2,(H,14,15);1H. The van der Waals surface area contributed by atoms with Crippen LogP contribution in [0.5, 0.6) is 0 Å². The second-order valence-electron chi connectivity index (χ2n) is 3.90. The van der Waals surface area contributed by atoms with Gasteiger partial charge in [0.2, 0.25) is 5.91 Å². The van der Waals surface area contributed by atoms with E-state index in [9.17, 15) is 4.79 Å². The van der Waals surface area contributed by atoms with Gasteiger partial charge in [0.25, 0.3) is 0 Å². The molecule has 18 heavy (non-hydrogen) atoms. The van der Waals surface area contributed by atoms with Crippen LogP contribution in [-0.2, 0) is 16.1 Å². The summed E-state index contributed by atoms with van der Waals surface area (Å²) in [4.78, 5) is 12.8. The van der Waals surface area contributed by atoms with Crippen LogP contribution in [0.25, 0.3) is 0 Å². The Morgan fingerprint density at radius 1 is 1.67 bits per heavy atom. The molecule has 1 aromatic rings. The Morgan fingerprint density at radius 3 is 3.11 bits per heavy atom. The lowest BCUT2D eigenvalue weighted by Crippen LogP contribution is -2.44. The number of rotatable bonds is 4. The predicted molar refractivity (Wildman–Crippen MR) is 78.3 cm³/mol. The molecule has 2 heterocycles. The summed E-state index contributed by atoms with van der Waals surface area (Å²) in [6, 6.07) is 2.14. The van der Waals surface area contributed by atoms with E-state index in [1.807, 2.05) is 11.4 Å². The summed E-state index contributed by atoms with van der Waals surface area (Å²) >= 11 is 5.08. The van der Waals surface area contributed by atoms with E-state index in [0.717, 1.165) is 22.5 Å². The molecule has 0 radical (unpaired) electrons. The van der Waals surface area contributed by atoms with Crippen molar-refractivity contribution in [1.82, 2.24) is 10.6 Å². The van der Waals surface area contributed by atoms with Crippen LogP contribution in [0.15, 0.2) is 15.9 Å². The van der Waals surface area contributed by atoms with Crippen LogP contribution in [0.1, 0.15) is 11.3 Å². The largest absolute Gasteiger partial charge is 0.378 e. The van der Waals surface area contributed by atoms with E-state index in [2.05, 4.69) is 26.6 Å². The third kappa shape index (κ3) is 4.85. The van der Waals surface area contributed by atoms with Gasteiger partial charge in [-0.25, -0.2) is 0 Å². The summed E-state index contributed by atoms with van der Waals surface area (Å²) in [6.07, 6.45) is 0.475. The van der Waals surface area contributed by atoms with Crippen molar-refractivity contribution in [2.75, 3.05) is 19.8 Å². The van der Waals surface area contributed by atoms with Crippen LogP contribution in [0.2, 0.25) is 0 Å². The first kappa shape index (κ1) is 15.9. The van der Waals surface area contributed by atoms with Gasteiger partial charge in [0.05, 0.1) is 19.8 Å². The van der Waals surface area contributed by atoms with Crippen molar-refractivity contribution in [3.8, 4) is 0 Å². The zero-order valence-electron chi connectivity index (χ0n) is 9.78. The van der Waals surface area contributed by atoms with Crippen molar-refractivity contribution < 1.29 is 9.53 Å². The molecule has 0 aromatic carbocycles. The van der Waals surface area contributed by atoms with Crippen molar-refractivity contribution in [2.45, 2.75) is 19.0 Å². The van der Waals surface area contributed by atoms with E-state index < -0.39 is 0 Å². The fraction of sp³-hybridized carbons (Fsp3) is 0.545. The summed E-state index contributed by atoms with van der Waals surface area (Å²) in [5.74, 6) is 0.0632. The van der Waals surface area contributed by atoms with Gasteiger partial charge in [-0.05, 0) is 27.4 Å². The summed E-state index contributed by atoms with van der Waals surface area (Å²) in [7, 11) is 0. The van der Waals surface area contributed by atoms with Crippen LogP contribution < -0.4 is 10.6 Å². The number of hydrogen-bond donors (Lipinski definition) is 2. The van der Waals surface area contributed by atoms with Crippen molar-refractivity contribution >= 4 is 45.6 Å². The van der Waals surface area contributed by atoms with Gasteiger partial charge in [-0.2, -0.15) is 0 Å². The Morgan fingerprint density at radius 2 is 2.50 bits per heavy atom. The topological polar surface area (TPSA) is 50.4 Å². The minimum absolute atomic E-state index is 0. The molecule has 1 amide bonds. The Hall–Kier alpha value is -0.140. The molecule has 1 atom stereocenters. The highest BCUT2D eigenvalue weighted by Crippen LogP contribution is 2.22. The fourth-order valence-corrected chi connectivity index (χ4v) is 3.11. The molecule has 1 aliphatic rings. The maximum atomic E-state index is 11.7. The molecule has 0 saturated carbocycles. The zero-order valence-corrected chi connectivity index (χ0v) is 13.0. The number of thiophene rings is 1. The van der Waals surface area contributed by atoms with E-state index in [-0.39, 0.29) is 24.4 Å². The summed E-state index contributed by atoms with van der Waals surface area (Å²) in [6.45, 7) is 2.77. The Balaban J connectivity index is 0.00000162. The molecule has 1 unspecified atom stereocenters. The molecule has 1 saturated heterocycles. The number of amides is 1. The third-order valence-corrected chi connectivity index (χ3v) is 4.49. The number of carbonyl (C=O) groups excluding carboxylic acids is 1. The van der Waals surface area contributed by atoms with Crippen molar-refractivity contribution in [1.29, 1.82) is 0 Å². The van der Waals surface area contributed by atoms with E-state index in [4.69, 9.17) is 4.74 Å². The average Bonchev–Trinajstić information content (AvgIpc) is 2.74. The molecule has 2 N–H and O–H groups in total. The average molecular weight is 356 g/mol. The SMILES string of the molecule is Cl.O=C(CC1COCCN1)NCc1sccc1Br. The highest BCUT2D eigenvalue weighted by atomic mass is 79.9. The molecule has 1 fully saturated rings. The van der Waals surface area contributed by atoms with Gasteiger partial charge in [0.1, 0.15) is 0 Å². The minimum Gasteiger partial charge on any atom is -0.378 e. The van der Waals surface area contributed by atoms with Gasteiger partial charge in [-0.15, -0.1) is 23.7 Å². The van der Waals surface area contributed by atoms with Gasteiger partial charge in [0, 0.05) is 28.4 Å². The molecular weight excluding hydrogens is 340 g/mol. The number of hydrogen-bond acceptors (Lipinski definition) is 4. The van der Waals surface area contributed by atoms with Crippen molar-refractivity contribution in [3.63, 3.8) is 0 Å². The van der Waals surface area contributed by atoms with E-state index in [1.54, 1.807) is 11.3 Å². The summed E-state index contributed by atoms with van der Waals surface area (Å²) in [5, 5.41) is 8.18. The van der Waals surface area contributed by atoms with Gasteiger partial charge in [0.15, 0.2) is 0 Å². The smallest absolute Gasteiger partial charge is 0.221 e. The molecule has 0 spiro atoms. The lowest BCUT2D eigenvalue weighted by Gasteiger charge is -2.23. The number of ether oxygens (including phenoxy) is 1. The first-order chi connectivity index (χ1) is 8.25. The van der Waals surface area contributed by atoms with Crippen LogP contribution >= 0.6 is 39.7 Å². The zero-order chi connectivity index (χ0) is 12.1. The third-order valence-electron chi connectivity index (χ3n) is 2.57. The Labute approximate surface area is 125 Å². The number of halogens is 2. The van der Waals surface area contributed by atoms with Crippen molar-refractivity contribution in [3.05, 3.63) is 20.8 Å². The van der Waals surface area contributed by atoms with Crippen molar-refractivity contribution in [2.24, 2.45) is 0 Å². The van der Waals surface area contributed by atoms with Crippen LogP contribution in [0, 0.1) is 0 Å². The highest BCUT2D eigenvalue weighted by Gasteiger charge is 2.16. The first-order valence-corrected chi connectivity index (χ1v) is 7.22. The number of morpholine rings is 1. The Bertz CT molecular complexity index is 383. The predicted octanol–water partition coefficient (Wildman–Crippen LogP) is 1.93. The molecular formula is C11H16BrClN2O2S. The second kappa shape index (κ2) is 8.12. The quantitative estimate of drug-likeness (QED) is 0.868. The van der Waals surface area contributed by atoms with Gasteiger partial charge in [-0.3, -0.25) is 4.79 Å². The second-order valence-corrected chi connectivity index (χ2v) is 5.75. The van der Waals surface area contributed by atoms with E-state index >= 15 is 0 Å². The molecule has 2 rings (SSSR count). The van der Waals surface area contributed by atoms with E-state index in [0.29, 0.717) is 19.6 Å². The monoisotopic (exact) mass is 354 g/mol. The number of nitrogens with one attached hydrogen (secondary N) is 2. The van der Waals surface area contributed by atoms with Gasteiger partial charge in [-0.1, -0.05) is 0 Å². The molecule has 7 heteroatoms. The Kier molecular flexibility index (Phi) is 7.18. The molecule has 1 aromatic heterocycles.